The molecule has 1 saturated heterocycles. The smallest absolute Gasteiger partial charge is 0.0764 e. The minimum atomic E-state index is 0.646. The van der Waals surface area contributed by atoms with E-state index in [1.807, 2.05) is 0 Å². The van der Waals surface area contributed by atoms with Crippen LogP contribution in [0, 0.1) is 0 Å². The van der Waals surface area contributed by atoms with Gasteiger partial charge >= 0.3 is 0 Å². The molecule has 0 unspecified atom stereocenters. The molecule has 2 heterocycles. The molecule has 1 aliphatic heterocycles. The molecule has 0 aromatic carbocycles. The van der Waals surface area contributed by atoms with Crippen molar-refractivity contribution in [2.45, 2.75) is 44.7 Å². The zero-order chi connectivity index (χ0) is 14.5. The summed E-state index contributed by atoms with van der Waals surface area (Å²) in [5, 5.41) is 4.82. The van der Waals surface area contributed by atoms with Crippen molar-refractivity contribution in [3.05, 3.63) is 18.0 Å². The van der Waals surface area contributed by atoms with Crippen LogP contribution in [0.15, 0.2) is 12.3 Å². The number of nitrogens with zero attached hydrogens (tertiary/aromatic N) is 4. The Morgan fingerprint density at radius 1 is 1.05 bits per heavy atom. The summed E-state index contributed by atoms with van der Waals surface area (Å²) in [6.07, 6.45) is 8.92. The Kier molecular flexibility index (Phi) is 5.55. The number of alkyl halides is 1. The standard InChI is InChI=1S/C16H27ClN4/c17-7-9-19-10-12-20(13-11-19)14-15-6-8-21(18-15)16-4-2-1-3-5-16/h6,8,16H,1-5,7,9-14H2. The molecule has 2 fully saturated rings. The van der Waals surface area contributed by atoms with E-state index in [-0.39, 0.29) is 0 Å². The van der Waals surface area contributed by atoms with Crippen molar-refractivity contribution in [2.24, 2.45) is 0 Å². The SMILES string of the molecule is ClCCN1CCN(Cc2ccn(C3CCCCC3)n2)CC1. The molecule has 2 aliphatic rings. The number of halogens is 1. The maximum atomic E-state index is 5.81. The highest BCUT2D eigenvalue weighted by Crippen LogP contribution is 2.27. The van der Waals surface area contributed by atoms with Crippen molar-refractivity contribution in [2.75, 3.05) is 38.6 Å². The third kappa shape index (κ3) is 4.21. The quantitative estimate of drug-likeness (QED) is 0.782. The maximum absolute atomic E-state index is 5.81. The highest BCUT2D eigenvalue weighted by molar-refractivity contribution is 6.18. The molecular formula is C16H27ClN4. The second kappa shape index (κ2) is 7.61. The van der Waals surface area contributed by atoms with Crippen molar-refractivity contribution < 1.29 is 0 Å². The van der Waals surface area contributed by atoms with Gasteiger partial charge in [0.1, 0.15) is 0 Å². The molecule has 0 radical (unpaired) electrons. The Labute approximate surface area is 133 Å². The van der Waals surface area contributed by atoms with Gasteiger partial charge in [-0.25, -0.2) is 0 Å². The van der Waals surface area contributed by atoms with Crippen LogP contribution in [0.5, 0.6) is 0 Å². The summed E-state index contributed by atoms with van der Waals surface area (Å²) in [7, 11) is 0. The van der Waals surface area contributed by atoms with E-state index < -0.39 is 0 Å². The van der Waals surface area contributed by atoms with Crippen LogP contribution < -0.4 is 0 Å². The molecular weight excluding hydrogens is 284 g/mol. The molecule has 1 aliphatic carbocycles. The van der Waals surface area contributed by atoms with E-state index in [4.69, 9.17) is 16.7 Å². The van der Waals surface area contributed by atoms with E-state index in [1.165, 1.54) is 37.8 Å². The lowest BCUT2D eigenvalue weighted by Gasteiger charge is -2.33. The molecule has 21 heavy (non-hydrogen) atoms. The fourth-order valence-corrected chi connectivity index (χ4v) is 3.77. The number of rotatable bonds is 5. The summed E-state index contributed by atoms with van der Waals surface area (Å²) >= 11 is 5.81. The van der Waals surface area contributed by atoms with Crippen LogP contribution in [0.1, 0.15) is 43.8 Å². The van der Waals surface area contributed by atoms with Gasteiger partial charge < -0.3 is 0 Å². The van der Waals surface area contributed by atoms with Gasteiger partial charge in [0.2, 0.25) is 0 Å². The maximum Gasteiger partial charge on any atom is 0.0764 e. The molecule has 118 valence electrons. The first-order valence-electron chi connectivity index (χ1n) is 8.40. The van der Waals surface area contributed by atoms with Gasteiger partial charge in [0.25, 0.3) is 0 Å². The first-order chi connectivity index (χ1) is 10.3. The molecule has 1 saturated carbocycles. The Bertz CT molecular complexity index is 420. The van der Waals surface area contributed by atoms with Crippen molar-refractivity contribution in [1.29, 1.82) is 0 Å². The van der Waals surface area contributed by atoms with Gasteiger partial charge in [0.05, 0.1) is 11.7 Å². The molecule has 0 amide bonds. The molecule has 0 spiro atoms. The molecule has 0 atom stereocenters. The zero-order valence-electron chi connectivity index (χ0n) is 12.9. The fourth-order valence-electron chi connectivity index (χ4n) is 3.53. The second-order valence-electron chi connectivity index (χ2n) is 6.39. The van der Waals surface area contributed by atoms with Crippen LogP contribution in [0.25, 0.3) is 0 Å². The monoisotopic (exact) mass is 310 g/mol. The van der Waals surface area contributed by atoms with Gasteiger partial charge in [0.15, 0.2) is 0 Å². The van der Waals surface area contributed by atoms with Crippen molar-refractivity contribution >= 4 is 11.6 Å². The van der Waals surface area contributed by atoms with E-state index in [0.717, 1.165) is 45.1 Å². The molecule has 5 heteroatoms. The molecule has 3 rings (SSSR count). The van der Waals surface area contributed by atoms with Crippen LogP contribution in [0.4, 0.5) is 0 Å². The Morgan fingerprint density at radius 2 is 1.76 bits per heavy atom. The lowest BCUT2D eigenvalue weighted by molar-refractivity contribution is 0.131. The summed E-state index contributed by atoms with van der Waals surface area (Å²) in [6, 6.07) is 2.85. The third-order valence-electron chi connectivity index (χ3n) is 4.86. The topological polar surface area (TPSA) is 24.3 Å². The second-order valence-corrected chi connectivity index (χ2v) is 6.76. The lowest BCUT2D eigenvalue weighted by atomic mass is 9.96. The number of hydrogen-bond acceptors (Lipinski definition) is 3. The van der Waals surface area contributed by atoms with Crippen molar-refractivity contribution in [1.82, 2.24) is 19.6 Å². The van der Waals surface area contributed by atoms with Crippen molar-refractivity contribution in [3.63, 3.8) is 0 Å². The van der Waals surface area contributed by atoms with E-state index >= 15 is 0 Å². The fraction of sp³-hybridized carbons (Fsp3) is 0.812. The highest BCUT2D eigenvalue weighted by atomic mass is 35.5. The Balaban J connectivity index is 1.48. The van der Waals surface area contributed by atoms with Gasteiger partial charge in [-0.2, -0.15) is 5.10 Å². The van der Waals surface area contributed by atoms with Gasteiger partial charge in [-0.05, 0) is 18.9 Å². The normalized spacial score (nSPS) is 22.7. The summed E-state index contributed by atoms with van der Waals surface area (Å²) in [6.45, 7) is 6.55. The van der Waals surface area contributed by atoms with Gasteiger partial charge in [-0.15, -0.1) is 11.6 Å². The van der Waals surface area contributed by atoms with E-state index in [9.17, 15) is 0 Å². The summed E-state index contributed by atoms with van der Waals surface area (Å²) in [5.74, 6) is 0.742. The van der Waals surface area contributed by atoms with E-state index in [2.05, 4.69) is 26.7 Å². The predicted molar refractivity (Wildman–Crippen MR) is 86.8 cm³/mol. The summed E-state index contributed by atoms with van der Waals surface area (Å²) in [4.78, 5) is 4.96. The summed E-state index contributed by atoms with van der Waals surface area (Å²) in [5.41, 5.74) is 1.23. The van der Waals surface area contributed by atoms with Crippen LogP contribution >= 0.6 is 11.6 Å². The van der Waals surface area contributed by atoms with Gasteiger partial charge in [-0.1, -0.05) is 19.3 Å². The molecule has 4 nitrogen and oxygen atoms in total. The Morgan fingerprint density at radius 3 is 2.48 bits per heavy atom. The largest absolute Gasteiger partial charge is 0.300 e. The average molecular weight is 311 g/mol. The van der Waals surface area contributed by atoms with Crippen LogP contribution in [-0.2, 0) is 6.54 Å². The first-order valence-corrected chi connectivity index (χ1v) is 8.93. The van der Waals surface area contributed by atoms with Gasteiger partial charge in [-0.3, -0.25) is 14.5 Å². The minimum Gasteiger partial charge on any atom is -0.300 e. The van der Waals surface area contributed by atoms with Crippen molar-refractivity contribution in [3.8, 4) is 0 Å². The predicted octanol–water partition coefficient (Wildman–Crippen LogP) is 2.74. The Hall–Kier alpha value is -0.580. The lowest BCUT2D eigenvalue weighted by Crippen LogP contribution is -2.46. The average Bonchev–Trinajstić information content (AvgIpc) is 2.99. The number of aromatic nitrogens is 2. The van der Waals surface area contributed by atoms with Crippen LogP contribution in [-0.4, -0.2) is 58.2 Å². The minimum absolute atomic E-state index is 0.646. The highest BCUT2D eigenvalue weighted by Gasteiger charge is 2.19. The molecule has 1 aromatic heterocycles. The van der Waals surface area contributed by atoms with E-state index in [0.29, 0.717) is 6.04 Å². The zero-order valence-corrected chi connectivity index (χ0v) is 13.6. The summed E-state index contributed by atoms with van der Waals surface area (Å²) < 4.78 is 2.22. The number of piperazine rings is 1. The van der Waals surface area contributed by atoms with Gasteiger partial charge in [0, 0.05) is 51.3 Å². The third-order valence-corrected chi connectivity index (χ3v) is 5.03. The van der Waals surface area contributed by atoms with E-state index in [1.54, 1.807) is 0 Å². The van der Waals surface area contributed by atoms with Crippen LogP contribution in [0.3, 0.4) is 0 Å². The number of hydrogen-bond donors (Lipinski definition) is 0. The molecule has 1 aromatic rings. The first kappa shape index (κ1) is 15.3. The van der Waals surface area contributed by atoms with Crippen LogP contribution in [0.2, 0.25) is 0 Å². The molecule has 0 bridgehead atoms. The molecule has 0 N–H and O–H groups in total.